The normalized spacial score (nSPS) is 11.5. The van der Waals surface area contributed by atoms with Crippen molar-refractivity contribution in [1.82, 2.24) is 9.55 Å². The number of pyridine rings is 1. The second kappa shape index (κ2) is 7.71. The number of anilines is 2. The lowest BCUT2D eigenvalue weighted by atomic mass is 10.1. The summed E-state index contributed by atoms with van der Waals surface area (Å²) in [4.78, 5) is 19.1. The average molecular weight is 429 g/mol. The third kappa shape index (κ3) is 3.24. The summed E-state index contributed by atoms with van der Waals surface area (Å²) in [6.45, 7) is 5.16. The maximum Gasteiger partial charge on any atom is 0.267 e. The minimum Gasteiger partial charge on any atom is -0.397 e. The number of nitrogens with one attached hydrogen (secondary N) is 1. The molecule has 31 heavy (non-hydrogen) atoms. The zero-order chi connectivity index (χ0) is 21.5. The van der Waals surface area contributed by atoms with Gasteiger partial charge in [-0.3, -0.25) is 4.79 Å². The van der Waals surface area contributed by atoms with E-state index in [2.05, 4.69) is 53.0 Å². The second-order valence-electron chi connectivity index (χ2n) is 7.70. The SMILES string of the molecule is CCCc1ccc2c(N)c(C(=O)Nc3ccc4c(c3)c3ccccc3n4CC)sc2n1. The minimum absolute atomic E-state index is 0.198. The van der Waals surface area contributed by atoms with E-state index in [-0.39, 0.29) is 5.91 Å². The number of carbonyl (C=O) groups excluding carboxylic acids is 1. The van der Waals surface area contributed by atoms with Gasteiger partial charge in [-0.05, 0) is 49.7 Å². The standard InChI is InChI=1S/C25H24N4OS/c1-3-7-15-10-12-18-22(26)23(31-25(18)28-15)24(30)27-16-11-13-21-19(14-16)17-8-5-6-9-20(17)29(21)4-2/h5-6,8-14H,3-4,7,26H2,1-2H3,(H,27,30). The van der Waals surface area contributed by atoms with Gasteiger partial charge in [0.25, 0.3) is 5.91 Å². The first-order valence-corrected chi connectivity index (χ1v) is 11.4. The Labute approximate surface area is 184 Å². The Kier molecular flexibility index (Phi) is 4.87. The Morgan fingerprint density at radius 1 is 1.03 bits per heavy atom. The van der Waals surface area contributed by atoms with Gasteiger partial charge in [0, 0.05) is 45.1 Å². The highest BCUT2D eigenvalue weighted by Crippen LogP contribution is 2.34. The third-order valence-electron chi connectivity index (χ3n) is 5.71. The molecule has 0 spiro atoms. The molecule has 5 nitrogen and oxygen atoms in total. The van der Waals surface area contributed by atoms with E-state index in [9.17, 15) is 4.79 Å². The van der Waals surface area contributed by atoms with Crippen LogP contribution in [0.1, 0.15) is 35.6 Å². The Morgan fingerprint density at radius 2 is 1.84 bits per heavy atom. The van der Waals surface area contributed by atoms with Gasteiger partial charge >= 0.3 is 0 Å². The smallest absolute Gasteiger partial charge is 0.267 e. The van der Waals surface area contributed by atoms with E-state index in [1.165, 1.54) is 22.2 Å². The molecular formula is C25H24N4OS. The second-order valence-corrected chi connectivity index (χ2v) is 8.70. The van der Waals surface area contributed by atoms with Crippen LogP contribution >= 0.6 is 11.3 Å². The first-order valence-electron chi connectivity index (χ1n) is 10.6. The molecule has 156 valence electrons. The Morgan fingerprint density at radius 3 is 2.65 bits per heavy atom. The zero-order valence-electron chi connectivity index (χ0n) is 17.6. The fourth-order valence-corrected chi connectivity index (χ4v) is 5.27. The molecule has 0 fully saturated rings. The van der Waals surface area contributed by atoms with Crippen LogP contribution in [-0.4, -0.2) is 15.5 Å². The average Bonchev–Trinajstić information content (AvgIpc) is 3.28. The molecule has 0 saturated carbocycles. The number of nitrogens with two attached hydrogens (primary N) is 1. The molecule has 0 saturated heterocycles. The van der Waals surface area contributed by atoms with Crippen molar-refractivity contribution >= 4 is 60.6 Å². The number of rotatable bonds is 5. The van der Waals surface area contributed by atoms with E-state index in [4.69, 9.17) is 5.73 Å². The van der Waals surface area contributed by atoms with Crippen molar-refractivity contribution < 1.29 is 4.79 Å². The number of aromatic nitrogens is 2. The minimum atomic E-state index is -0.198. The topological polar surface area (TPSA) is 72.9 Å². The van der Waals surface area contributed by atoms with Crippen molar-refractivity contribution in [3.63, 3.8) is 0 Å². The Hall–Kier alpha value is -3.38. The predicted molar refractivity (Wildman–Crippen MR) is 131 cm³/mol. The van der Waals surface area contributed by atoms with E-state index in [1.807, 2.05) is 30.3 Å². The van der Waals surface area contributed by atoms with Gasteiger partial charge in [0.05, 0.1) is 5.69 Å². The quantitative estimate of drug-likeness (QED) is 0.349. The highest BCUT2D eigenvalue weighted by molar-refractivity contribution is 7.21. The van der Waals surface area contributed by atoms with Crippen LogP contribution in [0.5, 0.6) is 0 Å². The number of fused-ring (bicyclic) bond motifs is 4. The molecule has 2 aromatic carbocycles. The summed E-state index contributed by atoms with van der Waals surface area (Å²) in [6.07, 6.45) is 1.95. The molecule has 5 aromatic rings. The van der Waals surface area contributed by atoms with E-state index < -0.39 is 0 Å². The molecule has 0 unspecified atom stereocenters. The number of thiophene rings is 1. The van der Waals surface area contributed by atoms with Crippen LogP contribution in [0.15, 0.2) is 54.6 Å². The van der Waals surface area contributed by atoms with Crippen molar-refractivity contribution in [2.45, 2.75) is 33.2 Å². The summed E-state index contributed by atoms with van der Waals surface area (Å²) in [5.74, 6) is -0.198. The Balaban J connectivity index is 1.51. The molecule has 3 N–H and O–H groups in total. The van der Waals surface area contributed by atoms with Crippen LogP contribution < -0.4 is 11.1 Å². The van der Waals surface area contributed by atoms with E-state index in [0.717, 1.165) is 51.9 Å². The Bertz CT molecular complexity index is 1450. The molecule has 0 aliphatic rings. The molecule has 0 aliphatic carbocycles. The molecule has 1 amide bonds. The molecule has 5 rings (SSSR count). The summed E-state index contributed by atoms with van der Waals surface area (Å²) in [6, 6.07) is 18.4. The van der Waals surface area contributed by atoms with Crippen molar-refractivity contribution in [2.75, 3.05) is 11.1 Å². The summed E-state index contributed by atoms with van der Waals surface area (Å²) >= 11 is 1.35. The first-order chi connectivity index (χ1) is 15.1. The lowest BCUT2D eigenvalue weighted by Gasteiger charge is -2.06. The number of nitrogen functional groups attached to an aromatic ring is 1. The van der Waals surface area contributed by atoms with Crippen LogP contribution in [0.2, 0.25) is 0 Å². The summed E-state index contributed by atoms with van der Waals surface area (Å²) in [5.41, 5.74) is 11.0. The van der Waals surface area contributed by atoms with Crippen LogP contribution in [0, 0.1) is 0 Å². The van der Waals surface area contributed by atoms with Crippen LogP contribution in [0.3, 0.4) is 0 Å². The number of hydrogen-bond acceptors (Lipinski definition) is 4. The fourth-order valence-electron chi connectivity index (χ4n) is 4.26. The maximum absolute atomic E-state index is 13.1. The molecule has 0 radical (unpaired) electrons. The van der Waals surface area contributed by atoms with Crippen molar-refractivity contribution in [1.29, 1.82) is 0 Å². The molecule has 0 bridgehead atoms. The number of nitrogens with zero attached hydrogens (tertiary/aromatic N) is 2. The first kappa shape index (κ1) is 19.6. The van der Waals surface area contributed by atoms with Gasteiger partial charge in [0.2, 0.25) is 0 Å². The summed E-state index contributed by atoms with van der Waals surface area (Å²) < 4.78 is 2.29. The van der Waals surface area contributed by atoms with Gasteiger partial charge in [0.15, 0.2) is 0 Å². The number of benzene rings is 2. The number of aryl methyl sites for hydroxylation is 2. The van der Waals surface area contributed by atoms with Gasteiger partial charge in [-0.25, -0.2) is 4.98 Å². The van der Waals surface area contributed by atoms with Crippen LogP contribution in [0.25, 0.3) is 32.0 Å². The van der Waals surface area contributed by atoms with Crippen LogP contribution in [-0.2, 0) is 13.0 Å². The molecule has 0 aliphatic heterocycles. The van der Waals surface area contributed by atoms with Gasteiger partial charge < -0.3 is 15.6 Å². The van der Waals surface area contributed by atoms with Crippen molar-refractivity contribution in [3.8, 4) is 0 Å². The van der Waals surface area contributed by atoms with Gasteiger partial charge in [-0.1, -0.05) is 31.5 Å². The maximum atomic E-state index is 13.1. The van der Waals surface area contributed by atoms with Crippen molar-refractivity contribution in [3.05, 3.63) is 65.2 Å². The largest absolute Gasteiger partial charge is 0.397 e. The molecule has 6 heteroatoms. The van der Waals surface area contributed by atoms with Crippen LogP contribution in [0.4, 0.5) is 11.4 Å². The van der Waals surface area contributed by atoms with Gasteiger partial charge in [-0.15, -0.1) is 11.3 Å². The lowest BCUT2D eigenvalue weighted by molar-refractivity contribution is 0.103. The fraction of sp³-hybridized carbons (Fsp3) is 0.200. The summed E-state index contributed by atoms with van der Waals surface area (Å²) in [5, 5.41) is 6.20. The molecular weight excluding hydrogens is 404 g/mol. The van der Waals surface area contributed by atoms with E-state index >= 15 is 0 Å². The number of para-hydroxylation sites is 1. The van der Waals surface area contributed by atoms with E-state index in [1.54, 1.807) is 0 Å². The molecule has 3 heterocycles. The third-order valence-corrected chi connectivity index (χ3v) is 6.82. The highest BCUT2D eigenvalue weighted by Gasteiger charge is 2.18. The van der Waals surface area contributed by atoms with Gasteiger partial charge in [0.1, 0.15) is 9.71 Å². The van der Waals surface area contributed by atoms with E-state index in [0.29, 0.717) is 10.6 Å². The van der Waals surface area contributed by atoms with Gasteiger partial charge in [-0.2, -0.15) is 0 Å². The number of hydrogen-bond donors (Lipinski definition) is 2. The lowest BCUT2D eigenvalue weighted by Crippen LogP contribution is -2.11. The predicted octanol–water partition coefficient (Wildman–Crippen LogP) is 6.21. The number of amides is 1. The van der Waals surface area contributed by atoms with Crippen molar-refractivity contribution in [2.24, 2.45) is 0 Å². The summed E-state index contributed by atoms with van der Waals surface area (Å²) in [7, 11) is 0. The highest BCUT2D eigenvalue weighted by atomic mass is 32.1. The molecule has 3 aromatic heterocycles. The number of carbonyl (C=O) groups is 1. The zero-order valence-corrected chi connectivity index (χ0v) is 18.4. The molecule has 0 atom stereocenters. The monoisotopic (exact) mass is 428 g/mol.